The van der Waals surface area contributed by atoms with Crippen LogP contribution in [0.25, 0.3) is 0 Å². The standard InChI is InChI=1S/C16H20N2O2S/c1-11-8-13(4-7-16(11)18-12(2)19)17-9-14-5-6-15(20-14)10-21-3/h4-8,17H,9-10H2,1-3H3,(H,18,19). The van der Waals surface area contributed by atoms with Crippen molar-refractivity contribution in [3.63, 3.8) is 0 Å². The summed E-state index contributed by atoms with van der Waals surface area (Å²) in [7, 11) is 0. The fourth-order valence-electron chi connectivity index (χ4n) is 2.03. The summed E-state index contributed by atoms with van der Waals surface area (Å²) in [6, 6.07) is 9.87. The molecule has 1 aromatic carbocycles. The minimum atomic E-state index is -0.0595. The van der Waals surface area contributed by atoms with Crippen molar-refractivity contribution in [2.75, 3.05) is 16.9 Å². The van der Waals surface area contributed by atoms with Crippen molar-refractivity contribution in [2.24, 2.45) is 0 Å². The molecule has 0 aliphatic rings. The maximum Gasteiger partial charge on any atom is 0.221 e. The number of amides is 1. The summed E-state index contributed by atoms with van der Waals surface area (Å²) in [4.78, 5) is 11.1. The summed E-state index contributed by atoms with van der Waals surface area (Å²) in [6.07, 6.45) is 2.06. The van der Waals surface area contributed by atoms with Crippen LogP contribution >= 0.6 is 11.8 Å². The van der Waals surface area contributed by atoms with Crippen LogP contribution in [0.2, 0.25) is 0 Å². The van der Waals surface area contributed by atoms with Gasteiger partial charge in [0, 0.05) is 18.3 Å². The molecule has 2 rings (SSSR count). The molecule has 0 atom stereocenters. The lowest BCUT2D eigenvalue weighted by Gasteiger charge is -2.10. The van der Waals surface area contributed by atoms with Gasteiger partial charge in [-0.15, -0.1) is 0 Å². The van der Waals surface area contributed by atoms with Crippen LogP contribution in [0.3, 0.4) is 0 Å². The van der Waals surface area contributed by atoms with Crippen LogP contribution in [0.4, 0.5) is 11.4 Å². The quantitative estimate of drug-likeness (QED) is 0.846. The molecule has 0 aliphatic carbocycles. The molecule has 1 aromatic heterocycles. The van der Waals surface area contributed by atoms with Gasteiger partial charge in [0.05, 0.1) is 12.3 Å². The van der Waals surface area contributed by atoms with Crippen molar-refractivity contribution in [3.05, 3.63) is 47.4 Å². The average molecular weight is 304 g/mol. The van der Waals surface area contributed by atoms with Crippen LogP contribution in [0.5, 0.6) is 0 Å². The van der Waals surface area contributed by atoms with E-state index >= 15 is 0 Å². The van der Waals surface area contributed by atoms with Crippen molar-refractivity contribution in [1.82, 2.24) is 0 Å². The second kappa shape index (κ2) is 7.22. The smallest absolute Gasteiger partial charge is 0.221 e. The Kier molecular flexibility index (Phi) is 5.33. The first-order chi connectivity index (χ1) is 10.1. The van der Waals surface area contributed by atoms with Gasteiger partial charge in [-0.2, -0.15) is 11.8 Å². The number of carbonyl (C=O) groups is 1. The number of hydrogen-bond donors (Lipinski definition) is 2. The Morgan fingerprint density at radius 3 is 2.67 bits per heavy atom. The highest BCUT2D eigenvalue weighted by molar-refractivity contribution is 7.97. The van der Waals surface area contributed by atoms with E-state index in [1.54, 1.807) is 11.8 Å². The van der Waals surface area contributed by atoms with Gasteiger partial charge >= 0.3 is 0 Å². The highest BCUT2D eigenvalue weighted by Gasteiger charge is 2.04. The molecular weight excluding hydrogens is 284 g/mol. The third kappa shape index (κ3) is 4.56. The third-order valence-corrected chi connectivity index (χ3v) is 3.58. The number of aryl methyl sites for hydroxylation is 1. The lowest BCUT2D eigenvalue weighted by atomic mass is 10.1. The summed E-state index contributed by atoms with van der Waals surface area (Å²) in [5.74, 6) is 2.75. The molecule has 4 nitrogen and oxygen atoms in total. The molecule has 0 bridgehead atoms. The van der Waals surface area contributed by atoms with E-state index in [4.69, 9.17) is 4.42 Å². The molecule has 0 saturated heterocycles. The third-order valence-electron chi connectivity index (χ3n) is 3.01. The Balaban J connectivity index is 1.96. The monoisotopic (exact) mass is 304 g/mol. The number of rotatable bonds is 6. The molecule has 2 N–H and O–H groups in total. The minimum absolute atomic E-state index is 0.0595. The number of hydrogen-bond acceptors (Lipinski definition) is 4. The second-order valence-corrected chi connectivity index (χ2v) is 5.73. The van der Waals surface area contributed by atoms with Gasteiger partial charge in [-0.05, 0) is 49.1 Å². The largest absolute Gasteiger partial charge is 0.463 e. The summed E-state index contributed by atoms with van der Waals surface area (Å²) in [5.41, 5.74) is 2.87. The van der Waals surface area contributed by atoms with Crippen LogP contribution in [0, 0.1) is 6.92 Å². The average Bonchev–Trinajstić information content (AvgIpc) is 2.87. The van der Waals surface area contributed by atoms with Gasteiger partial charge in [-0.25, -0.2) is 0 Å². The van der Waals surface area contributed by atoms with E-state index in [9.17, 15) is 4.79 Å². The van der Waals surface area contributed by atoms with Gasteiger partial charge in [0.15, 0.2) is 0 Å². The molecule has 0 unspecified atom stereocenters. The Morgan fingerprint density at radius 1 is 1.24 bits per heavy atom. The molecule has 1 heterocycles. The minimum Gasteiger partial charge on any atom is -0.463 e. The van der Waals surface area contributed by atoms with E-state index < -0.39 is 0 Å². The van der Waals surface area contributed by atoms with E-state index in [2.05, 4.69) is 16.9 Å². The zero-order valence-corrected chi connectivity index (χ0v) is 13.3. The van der Waals surface area contributed by atoms with Crippen LogP contribution in [0.15, 0.2) is 34.7 Å². The number of nitrogens with one attached hydrogen (secondary N) is 2. The highest BCUT2D eigenvalue weighted by Crippen LogP contribution is 2.21. The predicted octanol–water partition coefficient (Wildman–Crippen LogP) is 4.02. The van der Waals surface area contributed by atoms with Gasteiger partial charge in [0.25, 0.3) is 0 Å². The maximum atomic E-state index is 11.1. The van der Waals surface area contributed by atoms with E-state index in [1.807, 2.05) is 37.3 Å². The van der Waals surface area contributed by atoms with Crippen molar-refractivity contribution in [3.8, 4) is 0 Å². The van der Waals surface area contributed by atoms with E-state index in [-0.39, 0.29) is 5.91 Å². The van der Waals surface area contributed by atoms with Gasteiger partial charge in [-0.1, -0.05) is 0 Å². The molecule has 21 heavy (non-hydrogen) atoms. The van der Waals surface area contributed by atoms with E-state index in [0.717, 1.165) is 34.2 Å². The molecule has 0 saturated carbocycles. The normalized spacial score (nSPS) is 10.4. The number of benzene rings is 1. The number of anilines is 2. The van der Waals surface area contributed by atoms with Crippen LogP contribution in [-0.2, 0) is 17.1 Å². The topological polar surface area (TPSA) is 54.3 Å². The summed E-state index contributed by atoms with van der Waals surface area (Å²) < 4.78 is 5.71. The molecule has 1 amide bonds. The Bertz CT molecular complexity index is 622. The van der Waals surface area contributed by atoms with E-state index in [1.165, 1.54) is 6.92 Å². The fraction of sp³-hybridized carbons (Fsp3) is 0.312. The molecule has 0 radical (unpaired) electrons. The van der Waals surface area contributed by atoms with Gasteiger partial charge in [0.2, 0.25) is 5.91 Å². The van der Waals surface area contributed by atoms with Crippen LogP contribution < -0.4 is 10.6 Å². The fourth-order valence-corrected chi connectivity index (χ4v) is 2.47. The zero-order valence-electron chi connectivity index (χ0n) is 12.5. The predicted molar refractivity (Wildman–Crippen MR) is 88.7 cm³/mol. The zero-order chi connectivity index (χ0) is 15.2. The first-order valence-corrected chi connectivity index (χ1v) is 8.16. The lowest BCUT2D eigenvalue weighted by Crippen LogP contribution is -2.07. The van der Waals surface area contributed by atoms with Crippen molar-refractivity contribution in [2.45, 2.75) is 26.1 Å². The number of carbonyl (C=O) groups excluding carboxylic acids is 1. The summed E-state index contributed by atoms with van der Waals surface area (Å²) >= 11 is 1.74. The van der Waals surface area contributed by atoms with Crippen molar-refractivity contribution >= 4 is 29.0 Å². The van der Waals surface area contributed by atoms with Crippen molar-refractivity contribution in [1.29, 1.82) is 0 Å². The molecule has 0 fully saturated rings. The molecule has 5 heteroatoms. The number of furan rings is 1. The van der Waals surface area contributed by atoms with E-state index in [0.29, 0.717) is 6.54 Å². The van der Waals surface area contributed by atoms with Gasteiger partial charge in [0.1, 0.15) is 11.5 Å². The summed E-state index contributed by atoms with van der Waals surface area (Å²) in [5, 5.41) is 6.13. The Hall–Kier alpha value is -1.88. The second-order valence-electron chi connectivity index (χ2n) is 4.87. The Labute approximate surface area is 129 Å². The molecule has 0 spiro atoms. The summed E-state index contributed by atoms with van der Waals surface area (Å²) in [6.45, 7) is 4.13. The SMILES string of the molecule is CSCc1ccc(CNc2ccc(NC(C)=O)c(C)c2)o1. The maximum absolute atomic E-state index is 11.1. The van der Waals surface area contributed by atoms with Crippen molar-refractivity contribution < 1.29 is 9.21 Å². The van der Waals surface area contributed by atoms with Crippen LogP contribution in [-0.4, -0.2) is 12.2 Å². The first-order valence-electron chi connectivity index (χ1n) is 6.77. The molecular formula is C16H20N2O2S. The lowest BCUT2D eigenvalue weighted by molar-refractivity contribution is -0.114. The Morgan fingerprint density at radius 2 is 2.00 bits per heavy atom. The molecule has 112 valence electrons. The number of thioether (sulfide) groups is 1. The van der Waals surface area contributed by atoms with Gasteiger partial charge in [-0.3, -0.25) is 4.79 Å². The molecule has 2 aromatic rings. The highest BCUT2D eigenvalue weighted by atomic mass is 32.2. The van der Waals surface area contributed by atoms with Gasteiger partial charge < -0.3 is 15.1 Å². The van der Waals surface area contributed by atoms with Crippen LogP contribution in [0.1, 0.15) is 24.0 Å². The molecule has 0 aliphatic heterocycles. The first kappa shape index (κ1) is 15.5.